The molecule has 1 heterocycles. The molecule has 1 aliphatic rings. The molecule has 4 nitrogen and oxygen atoms in total. The van der Waals surface area contributed by atoms with E-state index in [4.69, 9.17) is 4.74 Å². The molecule has 0 aromatic carbocycles. The minimum absolute atomic E-state index is 0.0711. The first kappa shape index (κ1) is 12.0. The van der Waals surface area contributed by atoms with Crippen LogP contribution in [-0.4, -0.2) is 36.5 Å². The molecule has 1 rings (SSSR count). The van der Waals surface area contributed by atoms with E-state index in [1.54, 1.807) is 11.8 Å². The molecule has 0 aromatic rings. The van der Waals surface area contributed by atoms with Gasteiger partial charge >= 0.3 is 5.97 Å². The van der Waals surface area contributed by atoms with Gasteiger partial charge in [0.1, 0.15) is 0 Å². The lowest BCUT2D eigenvalue weighted by Crippen LogP contribution is -2.30. The summed E-state index contributed by atoms with van der Waals surface area (Å²) in [6.07, 6.45) is 0.311. The lowest BCUT2D eigenvalue weighted by Gasteiger charge is -2.18. The van der Waals surface area contributed by atoms with Crippen LogP contribution in [0.3, 0.4) is 0 Å². The zero-order valence-corrected chi connectivity index (χ0v) is 9.66. The van der Waals surface area contributed by atoms with Gasteiger partial charge in [-0.15, -0.1) is 0 Å². The topological polar surface area (TPSA) is 46.6 Å². The Morgan fingerprint density at radius 1 is 1.60 bits per heavy atom. The number of amides is 1. The highest BCUT2D eigenvalue weighted by Crippen LogP contribution is 2.20. The van der Waals surface area contributed by atoms with Gasteiger partial charge in [0, 0.05) is 19.5 Å². The molecule has 0 unspecified atom stereocenters. The van der Waals surface area contributed by atoms with E-state index in [1.807, 2.05) is 0 Å². The minimum atomic E-state index is -0.254. The van der Waals surface area contributed by atoms with Gasteiger partial charge in [0.05, 0.1) is 12.5 Å². The molecule has 1 amide bonds. The van der Waals surface area contributed by atoms with Crippen molar-refractivity contribution in [3.05, 3.63) is 0 Å². The van der Waals surface area contributed by atoms with Gasteiger partial charge in [-0.2, -0.15) is 0 Å². The molecular weight excluding hydrogens is 194 g/mol. The van der Waals surface area contributed by atoms with Gasteiger partial charge in [-0.3, -0.25) is 9.59 Å². The summed E-state index contributed by atoms with van der Waals surface area (Å²) in [5.41, 5.74) is 0. The third kappa shape index (κ3) is 3.22. The fourth-order valence-corrected chi connectivity index (χ4v) is 1.81. The number of rotatable bonds is 4. The average molecular weight is 213 g/mol. The van der Waals surface area contributed by atoms with E-state index >= 15 is 0 Å². The standard InChI is InChI=1S/C11H19NO3/c1-4-15-11(14)9-5-10(13)12(7-9)6-8(2)3/h8-9H,4-7H2,1-3H3/t9-/m0/s1. The maximum absolute atomic E-state index is 11.5. The largest absolute Gasteiger partial charge is 0.466 e. The van der Waals surface area contributed by atoms with Crippen molar-refractivity contribution in [2.24, 2.45) is 11.8 Å². The molecular formula is C11H19NO3. The Kier molecular flexibility index (Phi) is 4.12. The molecule has 0 spiro atoms. The van der Waals surface area contributed by atoms with Crippen LogP contribution in [-0.2, 0) is 14.3 Å². The van der Waals surface area contributed by atoms with E-state index < -0.39 is 0 Å². The summed E-state index contributed by atoms with van der Waals surface area (Å²) in [5, 5.41) is 0. The maximum atomic E-state index is 11.5. The van der Waals surface area contributed by atoms with Crippen LogP contribution < -0.4 is 0 Å². The summed E-state index contributed by atoms with van der Waals surface area (Å²) in [6, 6.07) is 0. The quantitative estimate of drug-likeness (QED) is 0.656. The highest BCUT2D eigenvalue weighted by molar-refractivity contribution is 5.86. The number of nitrogens with zero attached hydrogens (tertiary/aromatic N) is 1. The summed E-state index contributed by atoms with van der Waals surface area (Å²) >= 11 is 0. The second-order valence-electron chi connectivity index (χ2n) is 4.35. The molecule has 0 aliphatic carbocycles. The van der Waals surface area contributed by atoms with Crippen molar-refractivity contribution in [3.63, 3.8) is 0 Å². The Labute approximate surface area is 90.6 Å². The first-order chi connectivity index (χ1) is 7.04. The van der Waals surface area contributed by atoms with Gasteiger partial charge in [0.15, 0.2) is 0 Å². The van der Waals surface area contributed by atoms with Crippen LogP contribution in [0.5, 0.6) is 0 Å². The molecule has 15 heavy (non-hydrogen) atoms. The second-order valence-corrected chi connectivity index (χ2v) is 4.35. The van der Waals surface area contributed by atoms with E-state index in [0.29, 0.717) is 25.5 Å². The minimum Gasteiger partial charge on any atom is -0.466 e. The van der Waals surface area contributed by atoms with Crippen LogP contribution in [0, 0.1) is 11.8 Å². The van der Waals surface area contributed by atoms with Crippen LogP contribution in [0.1, 0.15) is 27.2 Å². The van der Waals surface area contributed by atoms with E-state index in [-0.39, 0.29) is 17.8 Å². The Bertz CT molecular complexity index is 250. The first-order valence-electron chi connectivity index (χ1n) is 5.49. The van der Waals surface area contributed by atoms with Crippen LogP contribution >= 0.6 is 0 Å². The molecule has 1 fully saturated rings. The maximum Gasteiger partial charge on any atom is 0.311 e. The SMILES string of the molecule is CCOC(=O)[C@H]1CC(=O)N(CC(C)C)C1. The Morgan fingerprint density at radius 3 is 2.80 bits per heavy atom. The Morgan fingerprint density at radius 2 is 2.27 bits per heavy atom. The number of esters is 1. The lowest BCUT2D eigenvalue weighted by molar-refractivity contribution is -0.147. The summed E-state index contributed by atoms with van der Waals surface area (Å²) in [6.45, 7) is 7.54. The number of carbonyl (C=O) groups excluding carboxylic acids is 2. The zero-order chi connectivity index (χ0) is 11.4. The average Bonchev–Trinajstić information content (AvgIpc) is 2.47. The molecule has 0 aromatic heterocycles. The lowest BCUT2D eigenvalue weighted by atomic mass is 10.1. The summed E-state index contributed by atoms with van der Waals surface area (Å²) < 4.78 is 4.91. The van der Waals surface area contributed by atoms with Crippen molar-refractivity contribution in [3.8, 4) is 0 Å². The highest BCUT2D eigenvalue weighted by Gasteiger charge is 2.35. The highest BCUT2D eigenvalue weighted by atomic mass is 16.5. The van der Waals surface area contributed by atoms with Crippen LogP contribution in [0.25, 0.3) is 0 Å². The number of likely N-dealkylation sites (tertiary alicyclic amines) is 1. The fourth-order valence-electron chi connectivity index (χ4n) is 1.81. The summed E-state index contributed by atoms with van der Waals surface area (Å²) in [5.74, 6) is 0.0185. The van der Waals surface area contributed by atoms with Crippen molar-refractivity contribution in [2.75, 3.05) is 19.7 Å². The molecule has 1 aliphatic heterocycles. The van der Waals surface area contributed by atoms with E-state index in [0.717, 1.165) is 6.54 Å². The molecule has 0 radical (unpaired) electrons. The van der Waals surface area contributed by atoms with Crippen molar-refractivity contribution in [1.29, 1.82) is 0 Å². The Hall–Kier alpha value is -1.06. The number of hydrogen-bond acceptors (Lipinski definition) is 3. The van der Waals surface area contributed by atoms with Gasteiger partial charge in [0.25, 0.3) is 0 Å². The van der Waals surface area contributed by atoms with E-state index in [1.165, 1.54) is 0 Å². The summed E-state index contributed by atoms with van der Waals surface area (Å²) in [7, 11) is 0. The molecule has 1 saturated heterocycles. The van der Waals surface area contributed by atoms with Gasteiger partial charge in [0.2, 0.25) is 5.91 Å². The second kappa shape index (κ2) is 5.14. The number of hydrogen-bond donors (Lipinski definition) is 0. The monoisotopic (exact) mass is 213 g/mol. The van der Waals surface area contributed by atoms with Gasteiger partial charge < -0.3 is 9.64 Å². The van der Waals surface area contributed by atoms with Gasteiger partial charge in [-0.1, -0.05) is 13.8 Å². The predicted octanol–water partition coefficient (Wildman–Crippen LogP) is 1.05. The predicted molar refractivity (Wildman–Crippen MR) is 56.2 cm³/mol. The van der Waals surface area contributed by atoms with Crippen molar-refractivity contribution >= 4 is 11.9 Å². The van der Waals surface area contributed by atoms with Crippen LogP contribution in [0.4, 0.5) is 0 Å². The van der Waals surface area contributed by atoms with E-state index in [9.17, 15) is 9.59 Å². The molecule has 1 atom stereocenters. The third-order valence-electron chi connectivity index (χ3n) is 2.42. The smallest absolute Gasteiger partial charge is 0.311 e. The van der Waals surface area contributed by atoms with Crippen LogP contribution in [0.2, 0.25) is 0 Å². The summed E-state index contributed by atoms with van der Waals surface area (Å²) in [4.78, 5) is 24.7. The molecule has 4 heteroatoms. The first-order valence-corrected chi connectivity index (χ1v) is 5.49. The Balaban J connectivity index is 2.48. The fraction of sp³-hybridized carbons (Fsp3) is 0.818. The van der Waals surface area contributed by atoms with E-state index in [2.05, 4.69) is 13.8 Å². The van der Waals surface area contributed by atoms with Gasteiger partial charge in [-0.25, -0.2) is 0 Å². The molecule has 0 saturated carbocycles. The number of ether oxygens (including phenoxy) is 1. The third-order valence-corrected chi connectivity index (χ3v) is 2.42. The molecule has 0 N–H and O–H groups in total. The normalized spacial score (nSPS) is 21.2. The van der Waals surface area contributed by atoms with Crippen molar-refractivity contribution in [2.45, 2.75) is 27.2 Å². The molecule has 86 valence electrons. The van der Waals surface area contributed by atoms with Gasteiger partial charge in [-0.05, 0) is 12.8 Å². The van der Waals surface area contributed by atoms with Crippen LogP contribution in [0.15, 0.2) is 0 Å². The van der Waals surface area contributed by atoms with Crippen molar-refractivity contribution in [1.82, 2.24) is 4.90 Å². The van der Waals surface area contributed by atoms with Crippen molar-refractivity contribution < 1.29 is 14.3 Å². The number of carbonyl (C=O) groups is 2. The molecule has 0 bridgehead atoms. The zero-order valence-electron chi connectivity index (χ0n) is 9.66.